The molecule has 1 saturated heterocycles. The van der Waals surface area contributed by atoms with E-state index >= 15 is 0 Å². The quantitative estimate of drug-likeness (QED) is 0.872. The largest absolute Gasteiger partial charge is 0.478 e. The summed E-state index contributed by atoms with van der Waals surface area (Å²) in [6.45, 7) is 4.83. The number of aromatic nitrogens is 2. The molecular formula is C13H19F3N4O. The van der Waals surface area contributed by atoms with Crippen LogP contribution in [0, 0.1) is 12.8 Å². The SMILES string of the molecule is CCOc1cc(NCC2CN(CC(F)(F)F)C2)nc(C)n1. The minimum atomic E-state index is -4.12. The second-order valence-corrected chi connectivity index (χ2v) is 5.13. The first kappa shape index (κ1) is 15.8. The van der Waals surface area contributed by atoms with Crippen molar-refractivity contribution in [2.45, 2.75) is 20.0 Å². The number of hydrogen-bond acceptors (Lipinski definition) is 5. The second kappa shape index (κ2) is 6.46. The van der Waals surface area contributed by atoms with Crippen LogP contribution in [-0.2, 0) is 0 Å². The molecule has 0 saturated carbocycles. The van der Waals surface area contributed by atoms with Crippen molar-refractivity contribution in [1.82, 2.24) is 14.9 Å². The monoisotopic (exact) mass is 304 g/mol. The Morgan fingerprint density at radius 3 is 2.71 bits per heavy atom. The molecule has 0 spiro atoms. The number of rotatable bonds is 6. The molecule has 1 aliphatic rings. The zero-order valence-electron chi connectivity index (χ0n) is 12.1. The van der Waals surface area contributed by atoms with Gasteiger partial charge in [-0.15, -0.1) is 0 Å². The van der Waals surface area contributed by atoms with Gasteiger partial charge in [0.15, 0.2) is 0 Å². The average molecular weight is 304 g/mol. The summed E-state index contributed by atoms with van der Waals surface area (Å²) in [5, 5.41) is 3.13. The molecule has 1 fully saturated rings. The van der Waals surface area contributed by atoms with Crippen LogP contribution < -0.4 is 10.1 Å². The highest BCUT2D eigenvalue weighted by Gasteiger charge is 2.36. The molecule has 1 aromatic rings. The van der Waals surface area contributed by atoms with Crippen molar-refractivity contribution in [1.29, 1.82) is 0 Å². The number of halogens is 3. The lowest BCUT2D eigenvalue weighted by atomic mass is 10.0. The van der Waals surface area contributed by atoms with Crippen molar-refractivity contribution in [2.24, 2.45) is 5.92 Å². The molecule has 0 aromatic carbocycles. The fourth-order valence-electron chi connectivity index (χ4n) is 2.29. The number of ether oxygens (including phenoxy) is 1. The molecule has 0 radical (unpaired) electrons. The van der Waals surface area contributed by atoms with E-state index in [-0.39, 0.29) is 5.92 Å². The Morgan fingerprint density at radius 2 is 2.10 bits per heavy atom. The second-order valence-electron chi connectivity index (χ2n) is 5.13. The summed E-state index contributed by atoms with van der Waals surface area (Å²) >= 11 is 0. The predicted octanol–water partition coefficient (Wildman–Crippen LogP) is 2.09. The van der Waals surface area contributed by atoms with Crippen LogP contribution in [0.5, 0.6) is 5.88 Å². The molecule has 1 aromatic heterocycles. The van der Waals surface area contributed by atoms with Crippen LogP contribution in [0.2, 0.25) is 0 Å². The molecule has 118 valence electrons. The van der Waals surface area contributed by atoms with E-state index in [1.54, 1.807) is 13.0 Å². The van der Waals surface area contributed by atoms with Crippen LogP contribution in [0.1, 0.15) is 12.7 Å². The van der Waals surface area contributed by atoms with Gasteiger partial charge < -0.3 is 10.1 Å². The minimum absolute atomic E-state index is 0.207. The van der Waals surface area contributed by atoms with Gasteiger partial charge in [0.2, 0.25) is 5.88 Å². The Hall–Kier alpha value is -1.57. The van der Waals surface area contributed by atoms with Crippen LogP contribution in [-0.4, -0.2) is 53.8 Å². The normalized spacial score (nSPS) is 16.6. The third-order valence-electron chi connectivity index (χ3n) is 3.11. The number of hydrogen-bond donors (Lipinski definition) is 1. The fraction of sp³-hybridized carbons (Fsp3) is 0.692. The first-order valence-electron chi connectivity index (χ1n) is 6.87. The molecule has 1 N–H and O–H groups in total. The van der Waals surface area contributed by atoms with E-state index < -0.39 is 12.7 Å². The first-order chi connectivity index (χ1) is 9.85. The van der Waals surface area contributed by atoms with Crippen LogP contribution >= 0.6 is 0 Å². The smallest absolute Gasteiger partial charge is 0.401 e. The van der Waals surface area contributed by atoms with Crippen LogP contribution in [0.25, 0.3) is 0 Å². The van der Waals surface area contributed by atoms with Crippen LogP contribution in [0.15, 0.2) is 6.07 Å². The summed E-state index contributed by atoms with van der Waals surface area (Å²) in [5.41, 5.74) is 0. The number of nitrogens with one attached hydrogen (secondary N) is 1. The van der Waals surface area contributed by atoms with Gasteiger partial charge in [-0.1, -0.05) is 0 Å². The van der Waals surface area contributed by atoms with Crippen molar-refractivity contribution in [3.63, 3.8) is 0 Å². The zero-order valence-corrected chi connectivity index (χ0v) is 12.1. The molecule has 2 heterocycles. The molecule has 21 heavy (non-hydrogen) atoms. The molecular weight excluding hydrogens is 285 g/mol. The lowest BCUT2D eigenvalue weighted by Gasteiger charge is -2.39. The van der Waals surface area contributed by atoms with Crippen molar-refractivity contribution in [3.05, 3.63) is 11.9 Å². The van der Waals surface area contributed by atoms with Crippen molar-refractivity contribution >= 4 is 5.82 Å². The van der Waals surface area contributed by atoms with Gasteiger partial charge in [0.05, 0.1) is 13.2 Å². The summed E-state index contributed by atoms with van der Waals surface area (Å²) in [6.07, 6.45) is -4.12. The molecule has 0 aliphatic carbocycles. The lowest BCUT2D eigenvalue weighted by molar-refractivity contribution is -0.157. The Bertz CT molecular complexity index is 475. The van der Waals surface area contributed by atoms with E-state index in [4.69, 9.17) is 4.74 Å². The van der Waals surface area contributed by atoms with E-state index in [1.165, 1.54) is 4.90 Å². The van der Waals surface area contributed by atoms with Crippen molar-refractivity contribution in [2.75, 3.05) is 38.1 Å². The van der Waals surface area contributed by atoms with Gasteiger partial charge in [-0.25, -0.2) is 4.98 Å². The van der Waals surface area contributed by atoms with Crippen LogP contribution in [0.4, 0.5) is 19.0 Å². The standard InChI is InChI=1S/C13H19F3N4O/c1-3-21-12-4-11(18-9(2)19-12)17-5-10-6-20(7-10)8-13(14,15)16/h4,10H,3,5-8H2,1-2H3,(H,17,18,19). The van der Waals surface area contributed by atoms with Gasteiger partial charge in [0, 0.05) is 31.6 Å². The topological polar surface area (TPSA) is 50.3 Å². The van der Waals surface area contributed by atoms with Gasteiger partial charge >= 0.3 is 6.18 Å². The third-order valence-corrected chi connectivity index (χ3v) is 3.11. The summed E-state index contributed by atoms with van der Waals surface area (Å²) in [4.78, 5) is 9.75. The summed E-state index contributed by atoms with van der Waals surface area (Å²) in [7, 11) is 0. The number of nitrogens with zero attached hydrogens (tertiary/aromatic N) is 3. The summed E-state index contributed by atoms with van der Waals surface area (Å²) < 4.78 is 41.9. The molecule has 1 aliphatic heterocycles. The van der Waals surface area contributed by atoms with E-state index in [2.05, 4.69) is 15.3 Å². The molecule has 8 heteroatoms. The molecule has 0 unspecified atom stereocenters. The van der Waals surface area contributed by atoms with Gasteiger partial charge in [-0.2, -0.15) is 18.2 Å². The molecule has 0 atom stereocenters. The maximum absolute atomic E-state index is 12.2. The van der Waals surface area contributed by atoms with Crippen molar-refractivity contribution < 1.29 is 17.9 Å². The highest BCUT2D eigenvalue weighted by Crippen LogP contribution is 2.23. The van der Waals surface area contributed by atoms with Gasteiger partial charge in [0.1, 0.15) is 11.6 Å². The number of aryl methyl sites for hydroxylation is 1. The van der Waals surface area contributed by atoms with E-state index in [1.807, 2.05) is 6.92 Å². The number of anilines is 1. The Labute approximate surface area is 121 Å². The fourth-order valence-corrected chi connectivity index (χ4v) is 2.29. The van der Waals surface area contributed by atoms with Crippen LogP contribution in [0.3, 0.4) is 0 Å². The third kappa shape index (κ3) is 5.04. The van der Waals surface area contributed by atoms with Gasteiger partial charge in [-0.3, -0.25) is 4.90 Å². The van der Waals surface area contributed by atoms with E-state index in [0.29, 0.717) is 43.8 Å². The maximum Gasteiger partial charge on any atom is 0.401 e. The van der Waals surface area contributed by atoms with E-state index in [9.17, 15) is 13.2 Å². The molecule has 2 rings (SSSR count). The Balaban J connectivity index is 1.77. The predicted molar refractivity (Wildman–Crippen MR) is 72.4 cm³/mol. The number of alkyl halides is 3. The maximum atomic E-state index is 12.2. The summed E-state index contributed by atoms with van der Waals surface area (Å²) in [5.74, 6) is 1.94. The minimum Gasteiger partial charge on any atom is -0.478 e. The lowest BCUT2D eigenvalue weighted by Crippen LogP contribution is -2.52. The molecule has 5 nitrogen and oxygen atoms in total. The van der Waals surface area contributed by atoms with Gasteiger partial charge in [0.25, 0.3) is 0 Å². The average Bonchev–Trinajstić information content (AvgIpc) is 2.30. The first-order valence-corrected chi connectivity index (χ1v) is 6.87. The van der Waals surface area contributed by atoms with Gasteiger partial charge in [-0.05, 0) is 13.8 Å². The Kier molecular flexibility index (Phi) is 4.87. The molecule has 0 amide bonds. The van der Waals surface area contributed by atoms with E-state index in [0.717, 1.165) is 0 Å². The zero-order chi connectivity index (χ0) is 15.5. The molecule has 0 bridgehead atoms. The number of likely N-dealkylation sites (tertiary alicyclic amines) is 1. The highest BCUT2D eigenvalue weighted by atomic mass is 19.4. The Morgan fingerprint density at radius 1 is 1.38 bits per heavy atom. The highest BCUT2D eigenvalue weighted by molar-refractivity contribution is 5.38. The summed E-state index contributed by atoms with van der Waals surface area (Å²) in [6, 6.07) is 1.70. The van der Waals surface area contributed by atoms with Crippen molar-refractivity contribution in [3.8, 4) is 5.88 Å².